The number of ether oxygens (including phenoxy) is 2. The summed E-state index contributed by atoms with van der Waals surface area (Å²) in [6.07, 6.45) is 1.20. The van der Waals surface area contributed by atoms with E-state index >= 15 is 0 Å². The van der Waals surface area contributed by atoms with Gasteiger partial charge in [-0.25, -0.2) is 4.39 Å². The summed E-state index contributed by atoms with van der Waals surface area (Å²) in [6.45, 7) is 1.28. The van der Waals surface area contributed by atoms with Crippen LogP contribution in [0.25, 0.3) is 0 Å². The van der Waals surface area contributed by atoms with Crippen LogP contribution in [0.1, 0.15) is 12.0 Å². The van der Waals surface area contributed by atoms with Gasteiger partial charge in [0.15, 0.2) is 6.29 Å². The average Bonchev–Trinajstić information content (AvgIpc) is 2.86. The lowest BCUT2D eigenvalue weighted by atomic mass is 10.0. The lowest BCUT2D eigenvalue weighted by Gasteiger charge is -2.20. The van der Waals surface area contributed by atoms with E-state index in [0.29, 0.717) is 19.6 Å². The predicted octanol–water partition coefficient (Wildman–Crippen LogP) is 2.37. The molecule has 1 aliphatic rings. The minimum atomic E-state index is -0.377. The molecule has 0 radical (unpaired) electrons. The number of hydrogen-bond donors (Lipinski definition) is 1. The number of nitrogens with one attached hydrogen (secondary N) is 1. The van der Waals surface area contributed by atoms with Crippen LogP contribution in [0.4, 0.5) is 4.39 Å². The van der Waals surface area contributed by atoms with Gasteiger partial charge < -0.3 is 14.8 Å². The van der Waals surface area contributed by atoms with Gasteiger partial charge in [-0.3, -0.25) is 0 Å². The molecule has 1 heterocycles. The molecule has 1 unspecified atom stereocenters. The molecule has 5 heteroatoms. The second kappa shape index (κ2) is 6.48. The highest BCUT2D eigenvalue weighted by atomic mass is 35.5. The Morgan fingerprint density at radius 1 is 1.44 bits per heavy atom. The molecule has 100 valence electrons. The highest BCUT2D eigenvalue weighted by Crippen LogP contribution is 2.22. The van der Waals surface area contributed by atoms with Crippen LogP contribution in [0.2, 0.25) is 5.02 Å². The van der Waals surface area contributed by atoms with E-state index in [4.69, 9.17) is 21.1 Å². The van der Waals surface area contributed by atoms with Crippen LogP contribution in [0.15, 0.2) is 18.2 Å². The van der Waals surface area contributed by atoms with Crippen molar-refractivity contribution >= 4 is 11.6 Å². The molecule has 1 atom stereocenters. The molecule has 3 nitrogen and oxygen atoms in total. The highest BCUT2D eigenvalue weighted by molar-refractivity contribution is 6.31. The molecule has 0 aromatic heterocycles. The molecule has 2 rings (SSSR count). The molecule has 18 heavy (non-hydrogen) atoms. The van der Waals surface area contributed by atoms with Gasteiger partial charge in [-0.05, 0) is 25.1 Å². The molecular formula is C13H17ClFNO2. The van der Waals surface area contributed by atoms with Gasteiger partial charge in [-0.2, -0.15) is 0 Å². The largest absolute Gasteiger partial charge is 0.350 e. The number of benzene rings is 1. The van der Waals surface area contributed by atoms with E-state index in [0.717, 1.165) is 12.0 Å². The summed E-state index contributed by atoms with van der Waals surface area (Å²) in [7, 11) is 1.87. The first-order valence-electron chi connectivity index (χ1n) is 6.04. The molecule has 1 fully saturated rings. The summed E-state index contributed by atoms with van der Waals surface area (Å²) in [6, 6.07) is 5.02. The molecule has 0 saturated carbocycles. The predicted molar refractivity (Wildman–Crippen MR) is 68.3 cm³/mol. The van der Waals surface area contributed by atoms with Crippen molar-refractivity contribution in [2.24, 2.45) is 0 Å². The van der Waals surface area contributed by atoms with Crippen LogP contribution >= 0.6 is 11.6 Å². The molecule has 1 saturated heterocycles. The molecule has 0 amide bonds. The van der Waals surface area contributed by atoms with E-state index in [1.165, 1.54) is 6.07 Å². The molecule has 0 aliphatic carbocycles. The van der Waals surface area contributed by atoms with Gasteiger partial charge in [0, 0.05) is 12.5 Å². The Balaban J connectivity index is 1.98. The Bertz CT molecular complexity index is 397. The van der Waals surface area contributed by atoms with Crippen molar-refractivity contribution in [3.63, 3.8) is 0 Å². The Labute approximate surface area is 111 Å². The van der Waals surface area contributed by atoms with E-state index in [2.05, 4.69) is 5.32 Å². The van der Waals surface area contributed by atoms with Gasteiger partial charge in [0.25, 0.3) is 0 Å². The van der Waals surface area contributed by atoms with Crippen molar-refractivity contribution in [2.45, 2.75) is 25.2 Å². The molecule has 0 spiro atoms. The highest BCUT2D eigenvalue weighted by Gasteiger charge is 2.21. The third-order valence-electron chi connectivity index (χ3n) is 3.07. The second-order valence-corrected chi connectivity index (χ2v) is 4.69. The Hall–Kier alpha value is -0.680. The lowest BCUT2D eigenvalue weighted by Crippen LogP contribution is -2.32. The molecule has 1 N–H and O–H groups in total. The van der Waals surface area contributed by atoms with Crippen molar-refractivity contribution in [2.75, 3.05) is 20.3 Å². The van der Waals surface area contributed by atoms with Gasteiger partial charge in [-0.15, -0.1) is 0 Å². The van der Waals surface area contributed by atoms with Crippen LogP contribution < -0.4 is 5.32 Å². The van der Waals surface area contributed by atoms with Crippen LogP contribution in [0, 0.1) is 5.82 Å². The Morgan fingerprint density at radius 2 is 2.17 bits per heavy atom. The van der Waals surface area contributed by atoms with Gasteiger partial charge in [0.2, 0.25) is 0 Å². The van der Waals surface area contributed by atoms with Gasteiger partial charge in [-0.1, -0.05) is 23.7 Å². The van der Waals surface area contributed by atoms with Crippen molar-refractivity contribution < 1.29 is 13.9 Å². The van der Waals surface area contributed by atoms with Crippen LogP contribution in [0.5, 0.6) is 0 Å². The molecular weight excluding hydrogens is 257 g/mol. The summed E-state index contributed by atoms with van der Waals surface area (Å²) >= 11 is 5.95. The van der Waals surface area contributed by atoms with Crippen molar-refractivity contribution in [3.05, 3.63) is 34.6 Å². The number of halogens is 2. The molecule has 1 aromatic carbocycles. The minimum Gasteiger partial charge on any atom is -0.350 e. The van der Waals surface area contributed by atoms with E-state index in [1.807, 2.05) is 13.1 Å². The first-order valence-corrected chi connectivity index (χ1v) is 6.42. The van der Waals surface area contributed by atoms with Crippen LogP contribution in [-0.2, 0) is 15.9 Å². The Morgan fingerprint density at radius 3 is 2.83 bits per heavy atom. The fourth-order valence-electron chi connectivity index (χ4n) is 2.05. The van der Waals surface area contributed by atoms with Crippen LogP contribution in [0.3, 0.4) is 0 Å². The van der Waals surface area contributed by atoms with E-state index < -0.39 is 0 Å². The van der Waals surface area contributed by atoms with E-state index in [9.17, 15) is 4.39 Å². The van der Waals surface area contributed by atoms with Crippen molar-refractivity contribution in [1.29, 1.82) is 0 Å². The average molecular weight is 274 g/mol. The summed E-state index contributed by atoms with van der Waals surface area (Å²) in [5.74, 6) is -0.377. The number of hydrogen-bond acceptors (Lipinski definition) is 3. The van der Waals surface area contributed by atoms with Crippen LogP contribution in [-0.4, -0.2) is 32.6 Å². The normalized spacial score (nSPS) is 18.2. The summed E-state index contributed by atoms with van der Waals surface area (Å²) in [4.78, 5) is 0. The fourth-order valence-corrected chi connectivity index (χ4v) is 2.25. The number of rotatable bonds is 5. The van der Waals surface area contributed by atoms with Gasteiger partial charge >= 0.3 is 0 Å². The third kappa shape index (κ3) is 3.42. The topological polar surface area (TPSA) is 30.5 Å². The zero-order valence-electron chi connectivity index (χ0n) is 10.3. The lowest BCUT2D eigenvalue weighted by molar-refractivity contribution is -0.0522. The smallest absolute Gasteiger partial charge is 0.159 e. The first-order chi connectivity index (χ1) is 8.70. The van der Waals surface area contributed by atoms with Crippen molar-refractivity contribution in [3.8, 4) is 0 Å². The van der Waals surface area contributed by atoms with Crippen molar-refractivity contribution in [1.82, 2.24) is 5.32 Å². The maximum Gasteiger partial charge on any atom is 0.159 e. The maximum absolute atomic E-state index is 13.3. The molecule has 1 aromatic rings. The molecule has 0 bridgehead atoms. The quantitative estimate of drug-likeness (QED) is 0.893. The maximum atomic E-state index is 13.3. The number of likely N-dealkylation sites (N-methyl/N-ethyl adjacent to an activating group) is 1. The first kappa shape index (κ1) is 13.7. The Kier molecular flexibility index (Phi) is 4.95. The zero-order chi connectivity index (χ0) is 13.0. The monoisotopic (exact) mass is 273 g/mol. The summed E-state index contributed by atoms with van der Waals surface area (Å²) < 4.78 is 24.2. The van der Waals surface area contributed by atoms with E-state index in [-0.39, 0.29) is 23.2 Å². The SMILES string of the molecule is CNC(Cc1cccc(F)c1Cl)CC1OCCO1. The molecule has 1 aliphatic heterocycles. The van der Waals surface area contributed by atoms with Gasteiger partial charge in [0.1, 0.15) is 5.82 Å². The van der Waals surface area contributed by atoms with Gasteiger partial charge in [0.05, 0.1) is 18.2 Å². The second-order valence-electron chi connectivity index (χ2n) is 4.31. The zero-order valence-corrected chi connectivity index (χ0v) is 11.0. The third-order valence-corrected chi connectivity index (χ3v) is 3.50. The fraction of sp³-hybridized carbons (Fsp3) is 0.538. The minimum absolute atomic E-state index is 0.146. The standard InChI is InChI=1S/C13H17ClFNO2/c1-16-10(8-12-17-5-6-18-12)7-9-3-2-4-11(15)13(9)14/h2-4,10,12,16H,5-8H2,1H3. The van der Waals surface area contributed by atoms with E-state index in [1.54, 1.807) is 6.07 Å². The summed E-state index contributed by atoms with van der Waals surface area (Å²) in [5, 5.41) is 3.38. The summed E-state index contributed by atoms with van der Waals surface area (Å²) in [5.41, 5.74) is 0.800.